The first-order valence-electron chi connectivity index (χ1n) is 24.4. The van der Waals surface area contributed by atoms with Gasteiger partial charge in [-0.05, 0) is 101 Å². The fourth-order valence-electron chi connectivity index (χ4n) is 10.0. The molecule has 0 radical (unpaired) electrons. The van der Waals surface area contributed by atoms with Crippen molar-refractivity contribution < 1.29 is 20.1 Å². The van der Waals surface area contributed by atoms with Crippen LogP contribution < -0.4 is 0 Å². The monoisotopic (exact) mass is 1100 g/mol. The van der Waals surface area contributed by atoms with E-state index < -0.39 is 0 Å². The van der Waals surface area contributed by atoms with E-state index in [2.05, 4.69) is 198 Å². The van der Waals surface area contributed by atoms with Crippen LogP contribution in [0.4, 0.5) is 0 Å². The van der Waals surface area contributed by atoms with Crippen molar-refractivity contribution in [3.05, 3.63) is 258 Å². The molecule has 0 fully saturated rings. The van der Waals surface area contributed by atoms with E-state index >= 15 is 0 Å². The molecule has 5 aromatic heterocycles. The van der Waals surface area contributed by atoms with Gasteiger partial charge in [0.15, 0.2) is 0 Å². The minimum atomic E-state index is 0. The third-order valence-corrected chi connectivity index (χ3v) is 13.9. The molecule has 0 amide bonds. The van der Waals surface area contributed by atoms with E-state index in [1.54, 1.807) is 0 Å². The average Bonchev–Trinajstić information content (AvgIpc) is 3.75. The van der Waals surface area contributed by atoms with Crippen LogP contribution in [0, 0.1) is 32.0 Å². The Morgan fingerprint density at radius 2 is 0.986 bits per heavy atom. The predicted octanol–water partition coefficient (Wildman–Crippen LogP) is 15.4. The summed E-state index contributed by atoms with van der Waals surface area (Å²) >= 11 is 0. The molecule has 0 saturated carbocycles. The molecule has 346 valence electrons. The Kier molecular flexibility index (Phi) is 13.0. The van der Waals surface area contributed by atoms with Crippen LogP contribution in [0.15, 0.2) is 207 Å². The van der Waals surface area contributed by atoms with Crippen molar-refractivity contribution in [1.29, 1.82) is 0 Å². The van der Waals surface area contributed by atoms with Gasteiger partial charge in [0, 0.05) is 35.2 Å². The summed E-state index contributed by atoms with van der Waals surface area (Å²) in [7, 11) is 0. The molecule has 0 atom stereocenters. The second kappa shape index (κ2) is 20.3. The van der Waals surface area contributed by atoms with E-state index in [1.807, 2.05) is 55.0 Å². The predicted molar refractivity (Wildman–Crippen MR) is 290 cm³/mol. The third kappa shape index (κ3) is 9.19. The van der Waals surface area contributed by atoms with Crippen LogP contribution in [-0.2, 0) is 45.8 Å². The number of benzene rings is 7. The van der Waals surface area contributed by atoms with E-state index in [9.17, 15) is 0 Å². The van der Waals surface area contributed by atoms with Crippen LogP contribution in [-0.4, -0.2) is 24.6 Å². The summed E-state index contributed by atoms with van der Waals surface area (Å²) in [4.78, 5) is 14.1. The first-order chi connectivity index (χ1) is 35.0. The molecule has 0 saturated heterocycles. The zero-order valence-corrected chi connectivity index (χ0v) is 42.4. The number of hydrogen-bond acceptors (Lipinski definition) is 4. The van der Waals surface area contributed by atoms with Gasteiger partial charge in [-0.2, -0.15) is 5.10 Å². The maximum Gasteiger partial charge on any atom is 3.00 e. The van der Waals surface area contributed by atoms with Crippen LogP contribution in [0.25, 0.3) is 94.3 Å². The fourth-order valence-corrected chi connectivity index (χ4v) is 10.0. The summed E-state index contributed by atoms with van der Waals surface area (Å²) in [5, 5.41) is 7.26. The molecule has 0 N–H and O–H groups in total. The second-order valence-corrected chi connectivity index (χ2v) is 18.4. The van der Waals surface area contributed by atoms with E-state index in [1.165, 1.54) is 44.5 Å². The van der Waals surface area contributed by atoms with Crippen LogP contribution in [0.3, 0.4) is 0 Å². The number of nitrogens with zero attached hydrogens (tertiary/aromatic N) is 5. The van der Waals surface area contributed by atoms with Gasteiger partial charge in [-0.3, -0.25) is 0 Å². The maximum absolute atomic E-state index is 5.20. The molecule has 0 spiro atoms. The second-order valence-electron chi connectivity index (χ2n) is 18.4. The molecule has 6 heteroatoms. The number of fused-ring (bicyclic) bond motifs is 6. The summed E-state index contributed by atoms with van der Waals surface area (Å²) in [5.41, 5.74) is 23.3. The van der Waals surface area contributed by atoms with Crippen LogP contribution >= 0.6 is 0 Å². The third-order valence-electron chi connectivity index (χ3n) is 13.9. The van der Waals surface area contributed by atoms with Gasteiger partial charge in [0.05, 0.1) is 11.2 Å². The Morgan fingerprint density at radius 3 is 1.58 bits per heavy atom. The molecule has 72 heavy (non-hydrogen) atoms. The topological polar surface area (TPSA) is 56.0 Å². The van der Waals surface area contributed by atoms with Gasteiger partial charge in [0.1, 0.15) is 0 Å². The molecule has 12 aromatic rings. The number of aromatic nitrogens is 5. The normalized spacial score (nSPS) is 11.3. The zero-order valence-electron chi connectivity index (χ0n) is 40.0. The quantitative estimate of drug-likeness (QED) is 0.0904. The van der Waals surface area contributed by atoms with Crippen LogP contribution in [0.2, 0.25) is 0 Å². The molecule has 12 rings (SSSR count). The van der Waals surface area contributed by atoms with Crippen LogP contribution in [0.5, 0.6) is 0 Å². The molecule has 0 unspecified atom stereocenters. The van der Waals surface area contributed by atoms with Crippen molar-refractivity contribution in [1.82, 2.24) is 24.6 Å². The van der Waals surface area contributed by atoms with Gasteiger partial charge in [0.25, 0.3) is 0 Å². The smallest absolute Gasteiger partial charge is 0.305 e. The standard InChI is InChI=1S/C66H48N5.Ir/c1-44-45(2)70-71-65(44)61-43-55(34-35-60(61)64-66(71)59(36-39-69-64)52-32-30-51(31-33-52)50-12-4-3-5-13-50)57-14-6-7-15-58(57)56-41-48(20-18-46-22-26-53(27-23-46)62-16-8-10-37-67-62)40-49(42-56)21-19-47-24-28-54(29-25-47)63-17-9-11-38-68-63;/h3-17,22-26,28,30-34,36-43H,18-21H2,1-2H3;/q-3;+3. The summed E-state index contributed by atoms with van der Waals surface area (Å²) in [5.74, 6) is 0. The van der Waals surface area contributed by atoms with Crippen molar-refractivity contribution >= 4 is 27.3 Å². The van der Waals surface area contributed by atoms with E-state index in [0.717, 1.165) is 109 Å². The van der Waals surface area contributed by atoms with Crippen molar-refractivity contribution in [3.63, 3.8) is 0 Å². The van der Waals surface area contributed by atoms with Gasteiger partial charge < -0.3 is 15.0 Å². The van der Waals surface area contributed by atoms with Crippen molar-refractivity contribution in [2.75, 3.05) is 0 Å². The molecule has 0 bridgehead atoms. The van der Waals surface area contributed by atoms with Crippen LogP contribution in [0.1, 0.15) is 33.5 Å². The van der Waals surface area contributed by atoms with Gasteiger partial charge in [0.2, 0.25) is 0 Å². The number of rotatable bonds is 12. The van der Waals surface area contributed by atoms with E-state index in [-0.39, 0.29) is 20.1 Å². The van der Waals surface area contributed by atoms with Gasteiger partial charge >= 0.3 is 20.1 Å². The molecular weight excluding hydrogens is 1050 g/mol. The van der Waals surface area contributed by atoms with Gasteiger partial charge in [-0.15, -0.1) is 94.4 Å². The first-order valence-corrected chi connectivity index (χ1v) is 24.4. The van der Waals surface area contributed by atoms with Crippen molar-refractivity contribution in [2.24, 2.45) is 0 Å². The molecular formula is C66H48IrN5. The summed E-state index contributed by atoms with van der Waals surface area (Å²) in [6.07, 6.45) is 9.17. The first kappa shape index (κ1) is 46.2. The molecule has 7 aromatic carbocycles. The number of aryl methyl sites for hydroxylation is 6. The summed E-state index contributed by atoms with van der Waals surface area (Å²) in [6, 6.07) is 77.6. The molecule has 0 aliphatic rings. The Morgan fingerprint density at radius 1 is 0.417 bits per heavy atom. The average molecular weight is 1100 g/mol. The molecule has 0 aliphatic carbocycles. The molecule has 5 heterocycles. The minimum absolute atomic E-state index is 0. The summed E-state index contributed by atoms with van der Waals surface area (Å²) < 4.78 is 2.13. The van der Waals surface area contributed by atoms with E-state index in [0.29, 0.717) is 0 Å². The van der Waals surface area contributed by atoms with Gasteiger partial charge in [-0.25, -0.2) is 4.52 Å². The fraction of sp³-hybridized carbons (Fsp3) is 0.0909. The number of hydrogen-bond donors (Lipinski definition) is 0. The van der Waals surface area contributed by atoms with Gasteiger partial charge in [-0.1, -0.05) is 151 Å². The molecule has 0 aliphatic heterocycles. The van der Waals surface area contributed by atoms with Crippen molar-refractivity contribution in [3.8, 4) is 67.0 Å². The summed E-state index contributed by atoms with van der Waals surface area (Å²) in [6.45, 7) is 4.28. The SMILES string of the molecule is Cc1nn2c(c1C)c1cc(-c3ccccc3-c3cc(CCc4c[c-]c(-c5ccccn5)cc4)cc(CCc4c[c-]c(-c5ccccn5)cc4)c3)c[c-]c1c1nccc(-c3ccc(-c4ccccc4)cc3)c12.[Ir+3]. The minimum Gasteiger partial charge on any atom is -0.305 e. The Hall–Kier alpha value is -8.15. The van der Waals surface area contributed by atoms with E-state index in [4.69, 9.17) is 10.1 Å². The zero-order chi connectivity index (χ0) is 47.7. The molecule has 5 nitrogen and oxygen atoms in total. The Bertz CT molecular complexity index is 3750. The Balaban J connectivity index is 0.00000560. The Labute approximate surface area is 434 Å². The van der Waals surface area contributed by atoms with Crippen molar-refractivity contribution in [2.45, 2.75) is 39.5 Å². The largest absolute Gasteiger partial charge is 3.00 e. The maximum atomic E-state index is 5.20. The number of pyridine rings is 4.